The van der Waals surface area contributed by atoms with Crippen molar-refractivity contribution < 1.29 is 9.59 Å². The molecule has 2 amide bonds. The number of piperidine rings is 2. The van der Waals surface area contributed by atoms with Crippen LogP contribution in [0.2, 0.25) is 0 Å². The van der Waals surface area contributed by atoms with Crippen LogP contribution >= 0.6 is 0 Å². The predicted octanol–water partition coefficient (Wildman–Crippen LogP) is -0.794. The van der Waals surface area contributed by atoms with E-state index in [1.165, 1.54) is 19.3 Å². The van der Waals surface area contributed by atoms with E-state index in [0.29, 0.717) is 18.6 Å². The minimum absolute atomic E-state index is 0.0256. The first-order valence-corrected chi connectivity index (χ1v) is 7.66. The average molecular weight is 280 g/mol. The summed E-state index contributed by atoms with van der Waals surface area (Å²) in [6.07, 6.45) is 5.92. The standard InChI is InChI=1S/C14H24N4O2/c1-18-10-3-2-4-11(18)6-9(5-10)17-14(20)12-7-16-13(19)8-15-12/h9-12,15H,2-8H2,1H3,(H,16,19)(H,17,20). The molecule has 20 heavy (non-hydrogen) atoms. The lowest BCUT2D eigenvalue weighted by molar-refractivity contribution is -0.127. The molecule has 0 aromatic rings. The summed E-state index contributed by atoms with van der Waals surface area (Å²) >= 11 is 0. The minimum atomic E-state index is -0.285. The van der Waals surface area contributed by atoms with Gasteiger partial charge in [0.05, 0.1) is 6.54 Å². The monoisotopic (exact) mass is 280 g/mol. The van der Waals surface area contributed by atoms with Crippen LogP contribution < -0.4 is 16.0 Å². The fraction of sp³-hybridized carbons (Fsp3) is 0.857. The molecule has 3 aliphatic heterocycles. The van der Waals surface area contributed by atoms with Crippen molar-refractivity contribution in [3.05, 3.63) is 0 Å². The summed E-state index contributed by atoms with van der Waals surface area (Å²) in [5.41, 5.74) is 0. The van der Waals surface area contributed by atoms with Gasteiger partial charge in [-0.05, 0) is 32.7 Å². The Morgan fingerprint density at radius 2 is 2.00 bits per heavy atom. The Balaban J connectivity index is 1.53. The third-order valence-electron chi connectivity index (χ3n) is 5.02. The van der Waals surface area contributed by atoms with E-state index >= 15 is 0 Å². The lowest BCUT2D eigenvalue weighted by Crippen LogP contribution is -2.61. The molecule has 3 unspecified atom stereocenters. The number of hydrogen-bond donors (Lipinski definition) is 3. The van der Waals surface area contributed by atoms with Gasteiger partial charge < -0.3 is 15.5 Å². The number of hydrogen-bond acceptors (Lipinski definition) is 4. The van der Waals surface area contributed by atoms with Crippen LogP contribution in [0.4, 0.5) is 0 Å². The van der Waals surface area contributed by atoms with Crippen LogP contribution in [0.5, 0.6) is 0 Å². The van der Waals surface area contributed by atoms with Crippen molar-refractivity contribution in [1.29, 1.82) is 0 Å². The summed E-state index contributed by atoms with van der Waals surface area (Å²) in [6.45, 7) is 0.626. The molecule has 112 valence electrons. The van der Waals surface area contributed by atoms with E-state index in [-0.39, 0.29) is 30.4 Å². The molecule has 3 saturated heterocycles. The molecule has 2 bridgehead atoms. The molecule has 3 N–H and O–H groups in total. The first kappa shape index (κ1) is 13.8. The number of rotatable bonds is 2. The quantitative estimate of drug-likeness (QED) is 0.619. The topological polar surface area (TPSA) is 73.5 Å². The van der Waals surface area contributed by atoms with E-state index in [1.807, 2.05) is 0 Å². The molecule has 0 spiro atoms. The molecule has 0 saturated carbocycles. The van der Waals surface area contributed by atoms with Crippen molar-refractivity contribution in [2.45, 2.75) is 56.3 Å². The number of amides is 2. The SMILES string of the molecule is CN1C2CCCC1CC(NC(=O)C1CNC(=O)CN1)C2. The maximum atomic E-state index is 12.2. The largest absolute Gasteiger partial charge is 0.353 e. The molecule has 0 aromatic carbocycles. The molecule has 3 aliphatic rings. The fourth-order valence-corrected chi connectivity index (χ4v) is 3.79. The highest BCUT2D eigenvalue weighted by Gasteiger charge is 2.37. The Labute approximate surface area is 119 Å². The molecule has 6 nitrogen and oxygen atoms in total. The molecular formula is C14H24N4O2. The van der Waals surface area contributed by atoms with E-state index in [4.69, 9.17) is 0 Å². The van der Waals surface area contributed by atoms with Crippen LogP contribution in [0.3, 0.4) is 0 Å². The van der Waals surface area contributed by atoms with Crippen LogP contribution in [-0.2, 0) is 9.59 Å². The van der Waals surface area contributed by atoms with Crippen LogP contribution in [0.25, 0.3) is 0 Å². The van der Waals surface area contributed by atoms with E-state index < -0.39 is 0 Å². The van der Waals surface area contributed by atoms with Crippen molar-refractivity contribution in [2.75, 3.05) is 20.1 Å². The van der Waals surface area contributed by atoms with Crippen LogP contribution in [0.1, 0.15) is 32.1 Å². The fourth-order valence-electron chi connectivity index (χ4n) is 3.79. The molecular weight excluding hydrogens is 256 g/mol. The molecule has 3 atom stereocenters. The summed E-state index contributed by atoms with van der Waals surface area (Å²) in [7, 11) is 2.21. The third kappa shape index (κ3) is 2.81. The highest BCUT2D eigenvalue weighted by molar-refractivity contribution is 5.86. The normalized spacial score (nSPS) is 38.1. The number of carbonyl (C=O) groups is 2. The van der Waals surface area contributed by atoms with Gasteiger partial charge in [0.15, 0.2) is 0 Å². The summed E-state index contributed by atoms with van der Waals surface area (Å²) in [5.74, 6) is -0.0134. The van der Waals surface area contributed by atoms with Crippen molar-refractivity contribution in [3.8, 4) is 0 Å². The summed E-state index contributed by atoms with van der Waals surface area (Å²) in [6, 6.07) is 1.24. The van der Waals surface area contributed by atoms with Gasteiger partial charge in [0, 0.05) is 24.7 Å². The Kier molecular flexibility index (Phi) is 3.94. The highest BCUT2D eigenvalue weighted by atomic mass is 16.2. The molecule has 0 aromatic heterocycles. The van der Waals surface area contributed by atoms with Crippen molar-refractivity contribution in [3.63, 3.8) is 0 Å². The summed E-state index contributed by atoms with van der Waals surface area (Å²) in [4.78, 5) is 25.8. The van der Waals surface area contributed by atoms with Crippen LogP contribution in [-0.4, -0.2) is 61.0 Å². The Hall–Kier alpha value is -1.14. The molecule has 0 radical (unpaired) electrons. The van der Waals surface area contributed by atoms with Gasteiger partial charge in [-0.2, -0.15) is 0 Å². The number of carbonyl (C=O) groups excluding carboxylic acids is 2. The Bertz CT molecular complexity index is 377. The van der Waals surface area contributed by atoms with Crippen LogP contribution in [0, 0.1) is 0 Å². The van der Waals surface area contributed by atoms with E-state index in [1.54, 1.807) is 0 Å². The van der Waals surface area contributed by atoms with Gasteiger partial charge in [0.25, 0.3) is 0 Å². The lowest BCUT2D eigenvalue weighted by atomic mass is 9.82. The maximum Gasteiger partial charge on any atom is 0.239 e. The van der Waals surface area contributed by atoms with Crippen molar-refractivity contribution in [1.82, 2.24) is 20.9 Å². The maximum absolute atomic E-state index is 12.2. The van der Waals surface area contributed by atoms with Gasteiger partial charge in [-0.1, -0.05) is 6.42 Å². The highest BCUT2D eigenvalue weighted by Crippen LogP contribution is 2.32. The minimum Gasteiger partial charge on any atom is -0.353 e. The zero-order chi connectivity index (χ0) is 14.1. The van der Waals surface area contributed by atoms with Crippen LogP contribution in [0.15, 0.2) is 0 Å². The molecule has 0 aliphatic carbocycles. The van der Waals surface area contributed by atoms with Crippen molar-refractivity contribution >= 4 is 11.8 Å². The first-order chi connectivity index (χ1) is 9.63. The van der Waals surface area contributed by atoms with Gasteiger partial charge in [-0.25, -0.2) is 0 Å². The third-order valence-corrected chi connectivity index (χ3v) is 5.02. The molecule has 3 fully saturated rings. The molecule has 3 rings (SSSR count). The number of fused-ring (bicyclic) bond motifs is 2. The van der Waals surface area contributed by atoms with Gasteiger partial charge in [-0.3, -0.25) is 14.9 Å². The van der Waals surface area contributed by atoms with E-state index in [0.717, 1.165) is 12.8 Å². The number of nitrogens with zero attached hydrogens (tertiary/aromatic N) is 1. The second kappa shape index (κ2) is 5.69. The van der Waals surface area contributed by atoms with Gasteiger partial charge in [0.1, 0.15) is 6.04 Å². The smallest absolute Gasteiger partial charge is 0.239 e. The Morgan fingerprint density at radius 1 is 1.30 bits per heavy atom. The summed E-state index contributed by atoms with van der Waals surface area (Å²) in [5, 5.41) is 8.88. The lowest BCUT2D eigenvalue weighted by Gasteiger charge is -2.47. The van der Waals surface area contributed by atoms with E-state index in [2.05, 4.69) is 27.9 Å². The average Bonchev–Trinajstić information content (AvgIpc) is 2.40. The van der Waals surface area contributed by atoms with Gasteiger partial charge in [-0.15, -0.1) is 0 Å². The zero-order valence-electron chi connectivity index (χ0n) is 12.0. The predicted molar refractivity (Wildman–Crippen MR) is 75.2 cm³/mol. The summed E-state index contributed by atoms with van der Waals surface area (Å²) < 4.78 is 0. The second-order valence-corrected chi connectivity index (χ2v) is 6.32. The Morgan fingerprint density at radius 3 is 2.60 bits per heavy atom. The molecule has 6 heteroatoms. The molecule has 3 heterocycles. The van der Waals surface area contributed by atoms with Gasteiger partial charge in [0.2, 0.25) is 11.8 Å². The second-order valence-electron chi connectivity index (χ2n) is 6.32. The van der Waals surface area contributed by atoms with Crippen molar-refractivity contribution in [2.24, 2.45) is 0 Å². The number of piperazine rings is 1. The first-order valence-electron chi connectivity index (χ1n) is 7.66. The van der Waals surface area contributed by atoms with E-state index in [9.17, 15) is 9.59 Å². The number of nitrogens with one attached hydrogen (secondary N) is 3. The zero-order valence-corrected chi connectivity index (χ0v) is 12.0. The van der Waals surface area contributed by atoms with Gasteiger partial charge >= 0.3 is 0 Å².